The first-order valence-corrected chi connectivity index (χ1v) is 5.79. The molecule has 0 spiro atoms. The number of hydrogen-bond donors (Lipinski definition) is 1. The molecule has 4 nitrogen and oxygen atoms in total. The minimum absolute atomic E-state index is 0.766. The fraction of sp³-hybridized carbons (Fsp3) is 0.500. The van der Waals surface area contributed by atoms with E-state index < -0.39 is 6.09 Å². The molecule has 0 atom stereocenters. The van der Waals surface area contributed by atoms with Crippen LogP contribution in [0.3, 0.4) is 0 Å². The van der Waals surface area contributed by atoms with Gasteiger partial charge in [0.2, 0.25) is 0 Å². The first-order valence-electron chi connectivity index (χ1n) is 2.67. The van der Waals surface area contributed by atoms with Crippen molar-refractivity contribution in [3.8, 4) is 0 Å². The second-order valence-corrected chi connectivity index (χ2v) is 5.40. The molecule has 1 amide bonds. The van der Waals surface area contributed by atoms with Crippen molar-refractivity contribution in [2.75, 3.05) is 10.2 Å². The van der Waals surface area contributed by atoms with E-state index >= 15 is 0 Å². The van der Waals surface area contributed by atoms with Crippen LogP contribution in [0.1, 0.15) is 0 Å². The van der Waals surface area contributed by atoms with Gasteiger partial charge in [0, 0.05) is 10.2 Å². The van der Waals surface area contributed by atoms with Gasteiger partial charge in [-0.15, -0.1) is 11.8 Å². The van der Waals surface area contributed by atoms with Crippen LogP contribution in [0, 0.1) is 0 Å². The fourth-order valence-electron chi connectivity index (χ4n) is 0.395. The molecule has 1 heterocycles. The summed E-state index contributed by atoms with van der Waals surface area (Å²) < 4.78 is 0.766. The number of hydrogen-bond acceptors (Lipinski definition) is 6. The number of carbonyl (C=O) groups excluding carboxylic acids is 1. The standard InChI is InChI=1S/C4H6N2O2S3/c5-3(7)8-6-4-10-1-9-2-11-4/h1-2H2,(H2,5,7). The molecular weight excluding hydrogens is 204 g/mol. The molecule has 1 saturated heterocycles. The van der Waals surface area contributed by atoms with Crippen LogP contribution in [0.25, 0.3) is 0 Å². The van der Waals surface area contributed by atoms with E-state index in [2.05, 4.69) is 9.99 Å². The third-order valence-corrected chi connectivity index (χ3v) is 4.37. The van der Waals surface area contributed by atoms with Gasteiger partial charge in [-0.25, -0.2) is 4.79 Å². The molecule has 0 unspecified atom stereocenters. The summed E-state index contributed by atoms with van der Waals surface area (Å²) >= 11 is 4.90. The lowest BCUT2D eigenvalue weighted by Gasteiger charge is -2.08. The predicted octanol–water partition coefficient (Wildman–Crippen LogP) is 1.48. The Morgan fingerprint density at radius 3 is 2.73 bits per heavy atom. The first-order chi connectivity index (χ1) is 5.29. The van der Waals surface area contributed by atoms with E-state index in [0.717, 1.165) is 14.5 Å². The van der Waals surface area contributed by atoms with Crippen molar-refractivity contribution < 1.29 is 9.63 Å². The van der Waals surface area contributed by atoms with Crippen molar-refractivity contribution in [2.45, 2.75) is 0 Å². The Hall–Kier alpha value is -0.0100. The largest absolute Gasteiger partial charge is 0.430 e. The average molecular weight is 210 g/mol. The molecule has 1 fully saturated rings. The highest BCUT2D eigenvalue weighted by Gasteiger charge is 2.09. The zero-order chi connectivity index (χ0) is 8.10. The maximum atomic E-state index is 10.1. The minimum atomic E-state index is -0.864. The van der Waals surface area contributed by atoms with Crippen molar-refractivity contribution in [1.29, 1.82) is 0 Å². The van der Waals surface area contributed by atoms with Crippen LogP contribution in [-0.2, 0) is 4.84 Å². The molecule has 2 N–H and O–H groups in total. The van der Waals surface area contributed by atoms with Crippen molar-refractivity contribution in [3.63, 3.8) is 0 Å². The fourth-order valence-corrected chi connectivity index (χ4v) is 4.13. The number of amides is 1. The van der Waals surface area contributed by atoms with Gasteiger partial charge in [-0.05, 0) is 0 Å². The Labute approximate surface area is 76.7 Å². The highest BCUT2D eigenvalue weighted by molar-refractivity contribution is 8.48. The summed E-state index contributed by atoms with van der Waals surface area (Å²) in [6.07, 6.45) is -0.864. The van der Waals surface area contributed by atoms with Crippen molar-refractivity contribution in [2.24, 2.45) is 10.9 Å². The lowest BCUT2D eigenvalue weighted by Crippen LogP contribution is -2.10. The monoisotopic (exact) mass is 210 g/mol. The van der Waals surface area contributed by atoms with Crippen LogP contribution >= 0.6 is 35.3 Å². The third kappa shape index (κ3) is 3.78. The minimum Gasteiger partial charge on any atom is -0.333 e. The zero-order valence-electron chi connectivity index (χ0n) is 5.48. The molecule has 1 aliphatic rings. The highest BCUT2D eigenvalue weighted by Crippen LogP contribution is 2.31. The van der Waals surface area contributed by atoms with Crippen molar-refractivity contribution in [1.82, 2.24) is 0 Å². The molecule has 0 aliphatic carbocycles. The van der Waals surface area contributed by atoms with Crippen LogP contribution < -0.4 is 5.73 Å². The Bertz CT molecular complexity index is 176. The predicted molar refractivity (Wildman–Crippen MR) is 50.6 cm³/mol. The van der Waals surface area contributed by atoms with Crippen LogP contribution in [0.4, 0.5) is 4.79 Å². The Kier molecular flexibility index (Phi) is 3.95. The van der Waals surface area contributed by atoms with E-state index in [-0.39, 0.29) is 0 Å². The molecule has 0 bridgehead atoms. The zero-order valence-corrected chi connectivity index (χ0v) is 7.93. The lowest BCUT2D eigenvalue weighted by molar-refractivity contribution is 0.162. The van der Waals surface area contributed by atoms with Gasteiger partial charge in [-0.2, -0.15) is 0 Å². The van der Waals surface area contributed by atoms with Gasteiger partial charge < -0.3 is 5.73 Å². The molecule has 0 radical (unpaired) electrons. The highest BCUT2D eigenvalue weighted by atomic mass is 32.3. The van der Waals surface area contributed by atoms with Crippen LogP contribution in [0.2, 0.25) is 0 Å². The van der Waals surface area contributed by atoms with Crippen LogP contribution in [0.5, 0.6) is 0 Å². The van der Waals surface area contributed by atoms with Gasteiger partial charge in [-0.1, -0.05) is 28.7 Å². The molecule has 7 heteroatoms. The van der Waals surface area contributed by atoms with E-state index in [1.165, 1.54) is 0 Å². The number of carbonyl (C=O) groups is 1. The Morgan fingerprint density at radius 1 is 1.55 bits per heavy atom. The molecule has 0 aromatic heterocycles. The number of thioether (sulfide) groups is 3. The lowest BCUT2D eigenvalue weighted by atomic mass is 11.3. The maximum absolute atomic E-state index is 10.1. The molecule has 0 aromatic carbocycles. The van der Waals surface area contributed by atoms with Crippen LogP contribution in [0.15, 0.2) is 5.16 Å². The van der Waals surface area contributed by atoms with Gasteiger partial charge in [0.15, 0.2) is 4.38 Å². The van der Waals surface area contributed by atoms with Gasteiger partial charge in [-0.3, -0.25) is 4.84 Å². The quantitative estimate of drug-likeness (QED) is 0.524. The van der Waals surface area contributed by atoms with Crippen LogP contribution in [-0.4, -0.2) is 20.6 Å². The first kappa shape index (κ1) is 9.08. The Morgan fingerprint density at radius 2 is 2.18 bits per heavy atom. The number of rotatable bonds is 1. The number of nitrogens with zero attached hydrogens (tertiary/aromatic N) is 1. The SMILES string of the molecule is NC(=O)ON=C1SCSCS1. The van der Waals surface area contributed by atoms with E-state index in [9.17, 15) is 4.79 Å². The molecule has 1 rings (SSSR count). The molecule has 11 heavy (non-hydrogen) atoms. The number of nitrogens with two attached hydrogens (primary N) is 1. The van der Waals surface area contributed by atoms with Crippen molar-refractivity contribution in [3.05, 3.63) is 0 Å². The summed E-state index contributed by atoms with van der Waals surface area (Å²) in [6.45, 7) is 0. The van der Waals surface area contributed by atoms with Gasteiger partial charge in [0.25, 0.3) is 0 Å². The molecule has 0 aromatic rings. The summed E-state index contributed by atoms with van der Waals surface area (Å²) in [5.41, 5.74) is 4.72. The molecular formula is C4H6N2O2S3. The van der Waals surface area contributed by atoms with Gasteiger partial charge >= 0.3 is 6.09 Å². The Balaban J connectivity index is 2.32. The van der Waals surface area contributed by atoms with E-state index in [4.69, 9.17) is 5.73 Å². The third-order valence-electron chi connectivity index (χ3n) is 0.742. The molecule has 0 saturated carbocycles. The normalized spacial score (nSPS) is 17.6. The summed E-state index contributed by atoms with van der Waals surface area (Å²) in [5.74, 6) is 0. The molecule has 1 aliphatic heterocycles. The summed E-state index contributed by atoms with van der Waals surface area (Å²) in [5, 5.41) is 5.44. The number of primary amides is 1. The summed E-state index contributed by atoms with van der Waals surface area (Å²) in [6, 6.07) is 0. The summed E-state index contributed by atoms with van der Waals surface area (Å²) in [4.78, 5) is 14.4. The molecule has 62 valence electrons. The topological polar surface area (TPSA) is 64.7 Å². The van der Waals surface area contributed by atoms with E-state index in [0.29, 0.717) is 0 Å². The number of oxime groups is 1. The second-order valence-electron chi connectivity index (χ2n) is 1.50. The van der Waals surface area contributed by atoms with E-state index in [1.807, 2.05) is 0 Å². The van der Waals surface area contributed by atoms with Gasteiger partial charge in [0.05, 0.1) is 0 Å². The summed E-state index contributed by atoms with van der Waals surface area (Å²) in [7, 11) is 0. The second kappa shape index (κ2) is 4.78. The van der Waals surface area contributed by atoms with Gasteiger partial charge in [0.1, 0.15) is 0 Å². The van der Waals surface area contributed by atoms with Crippen molar-refractivity contribution >= 4 is 45.8 Å². The maximum Gasteiger partial charge on any atom is 0.430 e. The average Bonchev–Trinajstić information content (AvgIpc) is 2.03. The van der Waals surface area contributed by atoms with E-state index in [1.54, 1.807) is 35.3 Å². The smallest absolute Gasteiger partial charge is 0.333 e.